The SMILES string of the molecule is CC(O)c1cccc(OCC(=O)N(C(C)C)C2CCCC2)c1. The van der Waals surface area contributed by atoms with Gasteiger partial charge in [-0.15, -0.1) is 0 Å². The minimum atomic E-state index is -0.537. The lowest BCUT2D eigenvalue weighted by Gasteiger charge is -2.32. The molecule has 0 bridgehead atoms. The number of carbonyl (C=O) groups excluding carboxylic acids is 1. The topological polar surface area (TPSA) is 49.8 Å². The number of hydrogen-bond donors (Lipinski definition) is 1. The Kier molecular flexibility index (Phi) is 5.83. The van der Waals surface area contributed by atoms with E-state index in [1.165, 1.54) is 12.8 Å². The summed E-state index contributed by atoms with van der Waals surface area (Å²) in [6.07, 6.45) is 4.07. The van der Waals surface area contributed by atoms with Gasteiger partial charge < -0.3 is 14.7 Å². The highest BCUT2D eigenvalue weighted by atomic mass is 16.5. The average molecular weight is 305 g/mol. The Morgan fingerprint density at radius 2 is 2.00 bits per heavy atom. The summed E-state index contributed by atoms with van der Waals surface area (Å²) < 4.78 is 5.65. The molecule has 1 unspecified atom stereocenters. The van der Waals surface area contributed by atoms with Gasteiger partial charge in [-0.25, -0.2) is 0 Å². The number of carbonyl (C=O) groups is 1. The van der Waals surface area contributed by atoms with Gasteiger partial charge in [0.2, 0.25) is 0 Å². The standard InChI is InChI=1S/C18H27NO3/c1-13(2)19(16-8-4-5-9-16)18(21)12-22-17-10-6-7-15(11-17)14(3)20/h6-7,10-11,13-14,16,20H,4-5,8-9,12H2,1-3H3. The Bertz CT molecular complexity index is 493. The first-order valence-electron chi connectivity index (χ1n) is 8.21. The molecule has 1 aliphatic rings. The highest BCUT2D eigenvalue weighted by Crippen LogP contribution is 2.25. The summed E-state index contributed by atoms with van der Waals surface area (Å²) in [7, 11) is 0. The van der Waals surface area contributed by atoms with Gasteiger partial charge in [0.15, 0.2) is 6.61 Å². The molecule has 22 heavy (non-hydrogen) atoms. The van der Waals surface area contributed by atoms with E-state index in [9.17, 15) is 9.90 Å². The van der Waals surface area contributed by atoms with Gasteiger partial charge in [-0.1, -0.05) is 25.0 Å². The predicted molar refractivity (Wildman–Crippen MR) is 86.8 cm³/mol. The first kappa shape index (κ1) is 16.8. The van der Waals surface area contributed by atoms with Gasteiger partial charge in [-0.3, -0.25) is 4.79 Å². The zero-order valence-corrected chi connectivity index (χ0v) is 13.8. The molecule has 0 saturated heterocycles. The number of ether oxygens (including phenoxy) is 1. The maximum absolute atomic E-state index is 12.5. The monoisotopic (exact) mass is 305 g/mol. The third-order valence-electron chi connectivity index (χ3n) is 4.27. The Labute approximate surface area is 133 Å². The molecule has 4 nitrogen and oxygen atoms in total. The maximum atomic E-state index is 12.5. The van der Waals surface area contributed by atoms with Gasteiger partial charge in [0.25, 0.3) is 5.91 Å². The fourth-order valence-corrected chi connectivity index (χ4v) is 3.18. The van der Waals surface area contributed by atoms with Gasteiger partial charge in [0.05, 0.1) is 6.10 Å². The van der Waals surface area contributed by atoms with Crippen LogP contribution >= 0.6 is 0 Å². The van der Waals surface area contributed by atoms with Crippen LogP contribution in [0.3, 0.4) is 0 Å². The molecule has 122 valence electrons. The zero-order valence-electron chi connectivity index (χ0n) is 13.8. The Hall–Kier alpha value is -1.55. The number of aliphatic hydroxyl groups excluding tert-OH is 1. The fraction of sp³-hybridized carbons (Fsp3) is 0.611. The van der Waals surface area contributed by atoms with Crippen LogP contribution < -0.4 is 4.74 Å². The zero-order chi connectivity index (χ0) is 16.1. The molecule has 1 N–H and O–H groups in total. The highest BCUT2D eigenvalue weighted by molar-refractivity contribution is 5.78. The van der Waals surface area contributed by atoms with Crippen LogP contribution in [-0.4, -0.2) is 34.6 Å². The van der Waals surface area contributed by atoms with E-state index in [-0.39, 0.29) is 18.6 Å². The van der Waals surface area contributed by atoms with E-state index in [1.807, 2.05) is 23.1 Å². The van der Waals surface area contributed by atoms with E-state index in [0.29, 0.717) is 11.8 Å². The number of rotatable bonds is 6. The molecule has 4 heteroatoms. The number of amides is 1. The van der Waals surface area contributed by atoms with Crippen molar-refractivity contribution in [3.8, 4) is 5.75 Å². The van der Waals surface area contributed by atoms with Crippen LogP contribution in [-0.2, 0) is 4.79 Å². The highest BCUT2D eigenvalue weighted by Gasteiger charge is 2.28. The van der Waals surface area contributed by atoms with E-state index in [1.54, 1.807) is 13.0 Å². The molecule has 1 atom stereocenters. The number of aliphatic hydroxyl groups is 1. The van der Waals surface area contributed by atoms with Crippen LogP contribution in [0.4, 0.5) is 0 Å². The number of nitrogens with zero attached hydrogens (tertiary/aromatic N) is 1. The molecule has 0 spiro atoms. The second-order valence-electron chi connectivity index (χ2n) is 6.37. The fourth-order valence-electron chi connectivity index (χ4n) is 3.18. The van der Waals surface area contributed by atoms with Gasteiger partial charge in [0.1, 0.15) is 5.75 Å². The summed E-state index contributed by atoms with van der Waals surface area (Å²) >= 11 is 0. The molecule has 1 aromatic carbocycles. The lowest BCUT2D eigenvalue weighted by atomic mass is 10.1. The second kappa shape index (κ2) is 7.63. The number of benzene rings is 1. The minimum Gasteiger partial charge on any atom is -0.484 e. The maximum Gasteiger partial charge on any atom is 0.260 e. The molecule has 1 amide bonds. The summed E-state index contributed by atoms with van der Waals surface area (Å²) in [4.78, 5) is 14.5. The summed E-state index contributed by atoms with van der Waals surface area (Å²) in [6.45, 7) is 5.89. The molecule has 2 rings (SSSR count). The molecule has 1 aromatic rings. The van der Waals surface area contributed by atoms with Crippen LogP contribution in [0, 0.1) is 0 Å². The van der Waals surface area contributed by atoms with Crippen molar-refractivity contribution in [2.45, 2.75) is 64.6 Å². The van der Waals surface area contributed by atoms with Crippen LogP contribution in [0.1, 0.15) is 58.1 Å². The first-order valence-corrected chi connectivity index (χ1v) is 8.21. The van der Waals surface area contributed by atoms with E-state index in [4.69, 9.17) is 4.74 Å². The molecule has 1 saturated carbocycles. The third-order valence-corrected chi connectivity index (χ3v) is 4.27. The molecule has 0 heterocycles. The summed E-state index contributed by atoms with van der Waals surface area (Å²) in [5.74, 6) is 0.672. The largest absolute Gasteiger partial charge is 0.484 e. The van der Waals surface area contributed by atoms with Crippen molar-refractivity contribution in [3.05, 3.63) is 29.8 Å². The summed E-state index contributed by atoms with van der Waals surface area (Å²) in [5, 5.41) is 9.60. The van der Waals surface area contributed by atoms with Crippen molar-refractivity contribution in [2.24, 2.45) is 0 Å². The van der Waals surface area contributed by atoms with E-state index < -0.39 is 6.10 Å². The quantitative estimate of drug-likeness (QED) is 0.877. The third kappa shape index (κ3) is 4.23. The smallest absolute Gasteiger partial charge is 0.260 e. The minimum absolute atomic E-state index is 0.0457. The van der Waals surface area contributed by atoms with Gasteiger partial charge in [-0.2, -0.15) is 0 Å². The van der Waals surface area contributed by atoms with Gasteiger partial charge in [0, 0.05) is 12.1 Å². The predicted octanol–water partition coefficient (Wildman–Crippen LogP) is 3.30. The summed E-state index contributed by atoms with van der Waals surface area (Å²) in [6, 6.07) is 7.84. The van der Waals surface area contributed by atoms with E-state index in [2.05, 4.69) is 13.8 Å². The van der Waals surface area contributed by atoms with Crippen molar-refractivity contribution in [3.63, 3.8) is 0 Å². The van der Waals surface area contributed by atoms with Crippen LogP contribution in [0.2, 0.25) is 0 Å². The van der Waals surface area contributed by atoms with E-state index in [0.717, 1.165) is 18.4 Å². The normalized spacial score (nSPS) is 16.8. The van der Waals surface area contributed by atoms with Crippen molar-refractivity contribution < 1.29 is 14.6 Å². The van der Waals surface area contributed by atoms with Crippen molar-refractivity contribution >= 4 is 5.91 Å². The van der Waals surface area contributed by atoms with E-state index >= 15 is 0 Å². The van der Waals surface area contributed by atoms with Gasteiger partial charge >= 0.3 is 0 Å². The van der Waals surface area contributed by atoms with Crippen LogP contribution in [0.25, 0.3) is 0 Å². The lowest BCUT2D eigenvalue weighted by molar-refractivity contribution is -0.137. The molecule has 0 aliphatic heterocycles. The number of hydrogen-bond acceptors (Lipinski definition) is 3. The van der Waals surface area contributed by atoms with Crippen LogP contribution in [0.15, 0.2) is 24.3 Å². The van der Waals surface area contributed by atoms with Crippen molar-refractivity contribution in [1.29, 1.82) is 0 Å². The average Bonchev–Trinajstić information content (AvgIpc) is 2.99. The molecule has 1 aliphatic carbocycles. The lowest BCUT2D eigenvalue weighted by Crippen LogP contribution is -2.45. The molecule has 0 radical (unpaired) electrons. The summed E-state index contributed by atoms with van der Waals surface area (Å²) in [5.41, 5.74) is 0.793. The Morgan fingerprint density at radius 3 is 2.59 bits per heavy atom. The molecule has 1 fully saturated rings. The molecule has 0 aromatic heterocycles. The van der Waals surface area contributed by atoms with Crippen molar-refractivity contribution in [1.82, 2.24) is 4.90 Å². The Morgan fingerprint density at radius 1 is 1.32 bits per heavy atom. The molecular weight excluding hydrogens is 278 g/mol. The Balaban J connectivity index is 1.97. The van der Waals surface area contributed by atoms with Crippen LogP contribution in [0.5, 0.6) is 5.75 Å². The first-order chi connectivity index (χ1) is 10.5. The second-order valence-corrected chi connectivity index (χ2v) is 6.37. The molecular formula is C18H27NO3. The van der Waals surface area contributed by atoms with Crippen molar-refractivity contribution in [2.75, 3.05) is 6.61 Å². The van der Waals surface area contributed by atoms with Gasteiger partial charge in [-0.05, 0) is 51.3 Å².